The smallest absolute Gasteiger partial charge is 0.341 e. The quantitative estimate of drug-likeness (QED) is 0.795. The fraction of sp³-hybridized carbons (Fsp3) is 0.353. The van der Waals surface area contributed by atoms with Gasteiger partial charge in [0.05, 0.1) is 0 Å². The van der Waals surface area contributed by atoms with Gasteiger partial charge in [-0.2, -0.15) is 0 Å². The van der Waals surface area contributed by atoms with Crippen molar-refractivity contribution in [1.82, 2.24) is 5.32 Å². The maximum atomic E-state index is 12.3. The van der Waals surface area contributed by atoms with Gasteiger partial charge in [0.2, 0.25) is 5.54 Å². The Morgan fingerprint density at radius 2 is 2.00 bits per heavy atom. The van der Waals surface area contributed by atoms with Gasteiger partial charge in [-0.05, 0) is 30.5 Å². The number of para-hydroxylation sites is 1. The van der Waals surface area contributed by atoms with Crippen molar-refractivity contribution in [2.45, 2.75) is 31.8 Å². The van der Waals surface area contributed by atoms with Gasteiger partial charge in [-0.1, -0.05) is 38.1 Å². The van der Waals surface area contributed by atoms with E-state index in [2.05, 4.69) is 15.6 Å². The van der Waals surface area contributed by atoms with Gasteiger partial charge in [-0.3, -0.25) is 9.79 Å². The van der Waals surface area contributed by atoms with E-state index in [-0.39, 0.29) is 17.7 Å². The molecule has 0 spiro atoms. The van der Waals surface area contributed by atoms with Crippen LogP contribution < -0.4 is 10.6 Å². The normalized spacial score (nSPS) is 28.9. The van der Waals surface area contributed by atoms with Gasteiger partial charge < -0.3 is 15.7 Å². The van der Waals surface area contributed by atoms with Crippen LogP contribution in [0, 0.1) is 5.92 Å². The third-order valence-corrected chi connectivity index (χ3v) is 4.68. The fourth-order valence-electron chi connectivity index (χ4n) is 2.71. The molecule has 0 saturated heterocycles. The standard InChI is InChI=1S/C17H19N3O3/c1-10(2)16(3)14(21)18-13(20-16)17(15(22)23)9-8-11-6-4-5-7-12(11)19-17/h4-10,19H,1-3H3,(H,22,23)(H,18,20,21). The molecule has 0 aromatic heterocycles. The van der Waals surface area contributed by atoms with E-state index in [1.807, 2.05) is 32.0 Å². The van der Waals surface area contributed by atoms with E-state index in [1.165, 1.54) is 6.08 Å². The first-order valence-corrected chi connectivity index (χ1v) is 7.51. The first-order valence-electron chi connectivity index (χ1n) is 7.51. The summed E-state index contributed by atoms with van der Waals surface area (Å²) in [7, 11) is 0. The molecule has 120 valence electrons. The summed E-state index contributed by atoms with van der Waals surface area (Å²) in [6.07, 6.45) is 3.27. The van der Waals surface area contributed by atoms with Crippen molar-refractivity contribution >= 4 is 29.5 Å². The maximum absolute atomic E-state index is 12.3. The Morgan fingerprint density at radius 3 is 2.61 bits per heavy atom. The topological polar surface area (TPSA) is 90.8 Å². The number of nitrogens with zero attached hydrogens (tertiary/aromatic N) is 1. The number of amidine groups is 1. The SMILES string of the molecule is CC(C)C1(C)N=C(C2(C(=O)O)C=Cc3ccccc3N2)NC1=O. The van der Waals surface area contributed by atoms with Crippen LogP contribution >= 0.6 is 0 Å². The zero-order chi connectivity index (χ0) is 16.8. The van der Waals surface area contributed by atoms with Crippen LogP contribution in [0.2, 0.25) is 0 Å². The number of aliphatic carboxylic acids is 1. The monoisotopic (exact) mass is 313 g/mol. The molecule has 1 amide bonds. The lowest BCUT2D eigenvalue weighted by Crippen LogP contribution is -2.57. The molecule has 0 radical (unpaired) electrons. The van der Waals surface area contributed by atoms with Crippen molar-refractivity contribution in [3.63, 3.8) is 0 Å². The minimum atomic E-state index is -1.57. The molecule has 0 bridgehead atoms. The Balaban J connectivity index is 2.09. The summed E-state index contributed by atoms with van der Waals surface area (Å²) in [5.41, 5.74) is -0.964. The molecule has 3 N–H and O–H groups in total. The maximum Gasteiger partial charge on any atom is 0.341 e. The molecule has 2 unspecified atom stereocenters. The zero-order valence-electron chi connectivity index (χ0n) is 13.3. The highest BCUT2D eigenvalue weighted by molar-refractivity contribution is 6.23. The lowest BCUT2D eigenvalue weighted by atomic mass is 9.89. The van der Waals surface area contributed by atoms with Crippen LogP contribution in [0.4, 0.5) is 5.69 Å². The third-order valence-electron chi connectivity index (χ3n) is 4.68. The first kappa shape index (κ1) is 15.3. The van der Waals surface area contributed by atoms with Crippen LogP contribution in [0.15, 0.2) is 35.3 Å². The number of hydrogen-bond acceptors (Lipinski definition) is 4. The Bertz CT molecular complexity index is 753. The molecule has 2 aliphatic heterocycles. The molecule has 2 atom stereocenters. The third kappa shape index (κ3) is 2.13. The van der Waals surface area contributed by atoms with Gasteiger partial charge >= 0.3 is 5.97 Å². The summed E-state index contributed by atoms with van der Waals surface area (Å²) in [5, 5.41) is 15.5. The van der Waals surface area contributed by atoms with E-state index in [0.717, 1.165) is 5.56 Å². The fourth-order valence-corrected chi connectivity index (χ4v) is 2.71. The zero-order valence-corrected chi connectivity index (χ0v) is 13.3. The number of anilines is 1. The average Bonchev–Trinajstić information content (AvgIpc) is 2.84. The molecule has 0 fully saturated rings. The van der Waals surface area contributed by atoms with E-state index >= 15 is 0 Å². The number of carbonyl (C=O) groups is 2. The number of amides is 1. The Hall–Kier alpha value is -2.63. The van der Waals surface area contributed by atoms with Gasteiger partial charge in [0.25, 0.3) is 5.91 Å². The Morgan fingerprint density at radius 1 is 1.30 bits per heavy atom. The van der Waals surface area contributed by atoms with Gasteiger partial charge in [-0.25, -0.2) is 4.79 Å². The van der Waals surface area contributed by atoms with Crippen molar-refractivity contribution in [1.29, 1.82) is 0 Å². The molecule has 6 heteroatoms. The van der Waals surface area contributed by atoms with Crippen molar-refractivity contribution < 1.29 is 14.7 Å². The molecule has 2 heterocycles. The number of hydrogen-bond donors (Lipinski definition) is 3. The number of benzene rings is 1. The molecule has 0 aliphatic carbocycles. The van der Waals surface area contributed by atoms with Gasteiger partial charge in [0.1, 0.15) is 11.4 Å². The van der Waals surface area contributed by atoms with Crippen LogP contribution in [-0.4, -0.2) is 33.9 Å². The summed E-state index contributed by atoms with van der Waals surface area (Å²) in [5.74, 6) is -1.32. The number of carboxylic acids is 1. The highest BCUT2D eigenvalue weighted by Crippen LogP contribution is 2.33. The Kier molecular flexibility index (Phi) is 3.28. The largest absolute Gasteiger partial charge is 0.479 e. The molecule has 0 saturated carbocycles. The summed E-state index contributed by atoms with van der Waals surface area (Å²) in [4.78, 5) is 28.8. The second-order valence-corrected chi connectivity index (χ2v) is 6.38. The van der Waals surface area contributed by atoms with E-state index in [1.54, 1.807) is 19.1 Å². The number of aliphatic imine (C=N–C) groups is 1. The predicted octanol–water partition coefficient (Wildman–Crippen LogP) is 1.89. The molecule has 2 aliphatic rings. The Labute approximate surface area is 134 Å². The van der Waals surface area contributed by atoms with Crippen molar-refractivity contribution in [3.8, 4) is 0 Å². The minimum Gasteiger partial charge on any atom is -0.479 e. The lowest BCUT2D eigenvalue weighted by Gasteiger charge is -2.32. The van der Waals surface area contributed by atoms with Crippen LogP contribution in [0.5, 0.6) is 0 Å². The molecular formula is C17H19N3O3. The number of carbonyl (C=O) groups excluding carboxylic acids is 1. The highest BCUT2D eigenvalue weighted by atomic mass is 16.4. The summed E-state index contributed by atoms with van der Waals surface area (Å²) >= 11 is 0. The molecule has 6 nitrogen and oxygen atoms in total. The number of nitrogens with one attached hydrogen (secondary N) is 2. The van der Waals surface area contributed by atoms with Crippen LogP contribution in [0.3, 0.4) is 0 Å². The average molecular weight is 313 g/mol. The summed E-state index contributed by atoms with van der Waals surface area (Å²) < 4.78 is 0. The number of rotatable bonds is 3. The molecular weight excluding hydrogens is 294 g/mol. The highest BCUT2D eigenvalue weighted by Gasteiger charge is 2.52. The molecule has 3 rings (SSSR count). The first-order chi connectivity index (χ1) is 10.8. The van der Waals surface area contributed by atoms with Gasteiger partial charge in [0.15, 0.2) is 0 Å². The molecule has 1 aromatic rings. The van der Waals surface area contributed by atoms with E-state index in [4.69, 9.17) is 0 Å². The van der Waals surface area contributed by atoms with Crippen LogP contribution in [-0.2, 0) is 9.59 Å². The van der Waals surface area contributed by atoms with E-state index in [0.29, 0.717) is 5.69 Å². The van der Waals surface area contributed by atoms with Crippen molar-refractivity contribution in [2.24, 2.45) is 10.9 Å². The number of fused-ring (bicyclic) bond motifs is 1. The van der Waals surface area contributed by atoms with Crippen LogP contribution in [0.1, 0.15) is 26.3 Å². The lowest BCUT2D eigenvalue weighted by molar-refractivity contribution is -0.138. The predicted molar refractivity (Wildman–Crippen MR) is 88.3 cm³/mol. The van der Waals surface area contributed by atoms with Crippen molar-refractivity contribution in [3.05, 3.63) is 35.9 Å². The van der Waals surface area contributed by atoms with Gasteiger partial charge in [0, 0.05) is 5.69 Å². The second kappa shape index (κ2) is 4.94. The van der Waals surface area contributed by atoms with Crippen molar-refractivity contribution in [2.75, 3.05) is 5.32 Å². The van der Waals surface area contributed by atoms with Gasteiger partial charge in [-0.15, -0.1) is 0 Å². The molecule has 23 heavy (non-hydrogen) atoms. The minimum absolute atomic E-state index is 0.0503. The van der Waals surface area contributed by atoms with E-state index < -0.39 is 17.0 Å². The summed E-state index contributed by atoms with van der Waals surface area (Å²) in [6, 6.07) is 7.39. The number of carboxylic acid groups (broad SMARTS) is 1. The second-order valence-electron chi connectivity index (χ2n) is 6.38. The van der Waals surface area contributed by atoms with Crippen LogP contribution in [0.25, 0.3) is 6.08 Å². The summed E-state index contributed by atoms with van der Waals surface area (Å²) in [6.45, 7) is 5.49. The van der Waals surface area contributed by atoms with E-state index in [9.17, 15) is 14.7 Å². The molecule has 1 aromatic carbocycles.